The molecule has 0 aliphatic rings. The van der Waals surface area contributed by atoms with Gasteiger partial charge in [-0.05, 0) is 55.6 Å². The van der Waals surface area contributed by atoms with Gasteiger partial charge in [-0.3, -0.25) is 4.79 Å². The molecule has 0 spiro atoms. The Bertz CT molecular complexity index is 752. The van der Waals surface area contributed by atoms with Gasteiger partial charge in [-0.1, -0.05) is 11.6 Å². The number of benzene rings is 2. The summed E-state index contributed by atoms with van der Waals surface area (Å²) in [6.45, 7) is 1.41. The first-order valence-electron chi connectivity index (χ1n) is 7.01. The van der Waals surface area contributed by atoms with E-state index in [2.05, 4.69) is 5.32 Å². The zero-order valence-corrected chi connectivity index (χ0v) is 14.6. The van der Waals surface area contributed by atoms with Crippen LogP contribution in [0.25, 0.3) is 0 Å². The fourth-order valence-electron chi connectivity index (χ4n) is 1.83. The molecule has 2 aromatic carbocycles. The molecule has 7 heteroatoms. The molecule has 2 rings (SSSR count). The maximum absolute atomic E-state index is 13.7. The number of hydrogen-bond acceptors (Lipinski definition) is 4. The first kappa shape index (κ1) is 18.3. The number of hydrogen-bond donors (Lipinski definition) is 1. The third-order valence-electron chi connectivity index (χ3n) is 3.17. The molecule has 0 unspecified atom stereocenters. The standard InChI is InChI=1S/C17H15ClFNO3S/c1-10(16(21)20-15-8-5-12(18)9-14(15)19)23-17(22)11-3-6-13(24-2)7-4-11/h3-10H,1-2H3,(H,20,21)/t10-/m1/s1. The van der Waals surface area contributed by atoms with Crippen molar-refractivity contribution in [3.8, 4) is 0 Å². The molecule has 0 aromatic heterocycles. The zero-order chi connectivity index (χ0) is 17.7. The Kier molecular flexibility index (Phi) is 6.23. The molecule has 0 saturated heterocycles. The molecule has 2 aromatic rings. The van der Waals surface area contributed by atoms with Crippen molar-refractivity contribution < 1.29 is 18.7 Å². The minimum Gasteiger partial charge on any atom is -0.449 e. The number of halogens is 2. The van der Waals surface area contributed by atoms with E-state index in [1.54, 1.807) is 36.0 Å². The molecule has 0 saturated carbocycles. The Morgan fingerprint density at radius 1 is 1.21 bits per heavy atom. The number of ether oxygens (including phenoxy) is 1. The van der Waals surface area contributed by atoms with E-state index >= 15 is 0 Å². The summed E-state index contributed by atoms with van der Waals surface area (Å²) in [5.41, 5.74) is 0.307. The van der Waals surface area contributed by atoms with Gasteiger partial charge in [-0.2, -0.15) is 0 Å². The van der Waals surface area contributed by atoms with E-state index in [1.165, 1.54) is 19.1 Å². The van der Waals surface area contributed by atoms with Crippen LogP contribution in [0.15, 0.2) is 47.4 Å². The second-order valence-corrected chi connectivity index (χ2v) is 6.21. The van der Waals surface area contributed by atoms with Crippen LogP contribution in [0, 0.1) is 5.82 Å². The second-order valence-electron chi connectivity index (χ2n) is 4.89. The number of rotatable bonds is 5. The van der Waals surface area contributed by atoms with E-state index < -0.39 is 23.8 Å². The van der Waals surface area contributed by atoms with Gasteiger partial charge in [0, 0.05) is 9.92 Å². The van der Waals surface area contributed by atoms with Crippen molar-refractivity contribution in [2.45, 2.75) is 17.9 Å². The minimum absolute atomic E-state index is 0.0309. The van der Waals surface area contributed by atoms with Gasteiger partial charge in [-0.15, -0.1) is 11.8 Å². The highest BCUT2D eigenvalue weighted by atomic mass is 35.5. The lowest BCUT2D eigenvalue weighted by molar-refractivity contribution is -0.123. The molecule has 24 heavy (non-hydrogen) atoms. The molecule has 0 aliphatic heterocycles. The van der Waals surface area contributed by atoms with E-state index in [4.69, 9.17) is 16.3 Å². The average Bonchev–Trinajstić information content (AvgIpc) is 2.57. The highest BCUT2D eigenvalue weighted by molar-refractivity contribution is 7.98. The van der Waals surface area contributed by atoms with Crippen LogP contribution in [-0.2, 0) is 9.53 Å². The Balaban J connectivity index is 1.98. The molecule has 1 N–H and O–H groups in total. The van der Waals surface area contributed by atoms with Gasteiger partial charge in [0.2, 0.25) is 0 Å². The van der Waals surface area contributed by atoms with E-state index in [0.717, 1.165) is 11.0 Å². The molecule has 1 amide bonds. The fourth-order valence-corrected chi connectivity index (χ4v) is 2.40. The van der Waals surface area contributed by atoms with Crippen molar-refractivity contribution in [1.82, 2.24) is 0 Å². The summed E-state index contributed by atoms with van der Waals surface area (Å²) in [4.78, 5) is 25.1. The molecule has 0 fully saturated rings. The molecular formula is C17H15ClFNO3S. The predicted molar refractivity (Wildman–Crippen MR) is 93.1 cm³/mol. The van der Waals surface area contributed by atoms with Gasteiger partial charge >= 0.3 is 5.97 Å². The van der Waals surface area contributed by atoms with Crippen LogP contribution in [-0.4, -0.2) is 24.2 Å². The van der Waals surface area contributed by atoms with Crippen LogP contribution >= 0.6 is 23.4 Å². The van der Waals surface area contributed by atoms with E-state index in [9.17, 15) is 14.0 Å². The smallest absolute Gasteiger partial charge is 0.338 e. The number of esters is 1. The molecule has 0 radical (unpaired) electrons. The molecule has 0 bridgehead atoms. The SMILES string of the molecule is CSc1ccc(C(=O)O[C@H](C)C(=O)Nc2ccc(Cl)cc2F)cc1. The van der Waals surface area contributed by atoms with Crippen molar-refractivity contribution in [2.24, 2.45) is 0 Å². The van der Waals surface area contributed by atoms with Crippen LogP contribution in [0.5, 0.6) is 0 Å². The van der Waals surface area contributed by atoms with Crippen LogP contribution in [0.3, 0.4) is 0 Å². The largest absolute Gasteiger partial charge is 0.449 e. The molecule has 0 heterocycles. The number of carbonyl (C=O) groups excluding carboxylic acids is 2. The van der Waals surface area contributed by atoms with Crippen molar-refractivity contribution in [1.29, 1.82) is 0 Å². The van der Waals surface area contributed by atoms with Crippen LogP contribution < -0.4 is 5.32 Å². The highest BCUT2D eigenvalue weighted by Crippen LogP contribution is 2.19. The summed E-state index contributed by atoms with van der Waals surface area (Å²) >= 11 is 7.20. The number of amides is 1. The third kappa shape index (κ3) is 4.72. The lowest BCUT2D eigenvalue weighted by Crippen LogP contribution is -2.30. The van der Waals surface area contributed by atoms with Gasteiger partial charge in [0.25, 0.3) is 5.91 Å². The number of thioether (sulfide) groups is 1. The fraction of sp³-hybridized carbons (Fsp3) is 0.176. The van der Waals surface area contributed by atoms with Gasteiger partial charge in [0.1, 0.15) is 5.82 Å². The van der Waals surface area contributed by atoms with Gasteiger partial charge in [0.05, 0.1) is 11.3 Å². The van der Waals surface area contributed by atoms with Gasteiger partial charge in [0.15, 0.2) is 6.10 Å². The van der Waals surface area contributed by atoms with Crippen LogP contribution in [0.2, 0.25) is 5.02 Å². The Morgan fingerprint density at radius 3 is 2.46 bits per heavy atom. The monoisotopic (exact) mass is 367 g/mol. The normalized spacial score (nSPS) is 11.7. The van der Waals surface area contributed by atoms with Gasteiger partial charge in [-0.25, -0.2) is 9.18 Å². The molecule has 0 aliphatic carbocycles. The number of nitrogens with one attached hydrogen (secondary N) is 1. The maximum atomic E-state index is 13.7. The molecule has 126 valence electrons. The zero-order valence-electron chi connectivity index (χ0n) is 13.0. The number of anilines is 1. The first-order valence-corrected chi connectivity index (χ1v) is 8.62. The van der Waals surface area contributed by atoms with Crippen LogP contribution in [0.1, 0.15) is 17.3 Å². The Labute approximate surface area is 148 Å². The summed E-state index contributed by atoms with van der Waals surface area (Å²) in [5, 5.41) is 2.58. The molecular weight excluding hydrogens is 353 g/mol. The lowest BCUT2D eigenvalue weighted by atomic mass is 10.2. The summed E-state index contributed by atoms with van der Waals surface area (Å²) < 4.78 is 18.8. The van der Waals surface area contributed by atoms with Crippen molar-refractivity contribution in [2.75, 3.05) is 11.6 Å². The highest BCUT2D eigenvalue weighted by Gasteiger charge is 2.20. The minimum atomic E-state index is -1.08. The topological polar surface area (TPSA) is 55.4 Å². The third-order valence-corrected chi connectivity index (χ3v) is 4.15. The van der Waals surface area contributed by atoms with Crippen LogP contribution in [0.4, 0.5) is 10.1 Å². The van der Waals surface area contributed by atoms with E-state index in [0.29, 0.717) is 5.56 Å². The number of carbonyl (C=O) groups is 2. The summed E-state index contributed by atoms with van der Waals surface area (Å²) in [6, 6.07) is 10.7. The second kappa shape index (κ2) is 8.17. The average molecular weight is 368 g/mol. The summed E-state index contributed by atoms with van der Waals surface area (Å²) in [7, 11) is 0. The first-order chi connectivity index (χ1) is 11.4. The predicted octanol–water partition coefficient (Wildman–Crippen LogP) is 4.39. The van der Waals surface area contributed by atoms with Crippen molar-refractivity contribution in [3.05, 3.63) is 58.9 Å². The summed E-state index contributed by atoms with van der Waals surface area (Å²) in [5.74, 6) is -1.92. The van der Waals surface area contributed by atoms with Crippen molar-refractivity contribution in [3.63, 3.8) is 0 Å². The quantitative estimate of drug-likeness (QED) is 0.629. The van der Waals surface area contributed by atoms with E-state index in [1.807, 2.05) is 6.26 Å². The Morgan fingerprint density at radius 2 is 1.88 bits per heavy atom. The van der Waals surface area contributed by atoms with Gasteiger partial charge < -0.3 is 10.1 Å². The summed E-state index contributed by atoms with van der Waals surface area (Å²) in [6.07, 6.45) is 0.850. The Hall–Kier alpha value is -2.05. The lowest BCUT2D eigenvalue weighted by Gasteiger charge is -2.14. The molecule has 1 atom stereocenters. The van der Waals surface area contributed by atoms with E-state index in [-0.39, 0.29) is 10.7 Å². The maximum Gasteiger partial charge on any atom is 0.338 e. The molecule has 4 nitrogen and oxygen atoms in total. The van der Waals surface area contributed by atoms with Crippen molar-refractivity contribution >= 4 is 40.9 Å².